The van der Waals surface area contributed by atoms with Crippen LogP contribution >= 0.6 is 11.8 Å². The number of hydrogen-bond donors (Lipinski definition) is 1. The minimum atomic E-state index is -4.72. The predicted octanol–water partition coefficient (Wildman–Crippen LogP) is 5.37. The van der Waals surface area contributed by atoms with E-state index in [0.29, 0.717) is 11.3 Å². The van der Waals surface area contributed by atoms with E-state index in [9.17, 15) is 23.2 Å². The van der Waals surface area contributed by atoms with E-state index in [0.717, 1.165) is 17.8 Å². The van der Waals surface area contributed by atoms with Crippen LogP contribution in [0.3, 0.4) is 0 Å². The monoisotopic (exact) mass is 413 g/mol. The molecular formula is C21H14F3N3OS. The molecule has 0 bridgehead atoms. The molecule has 0 saturated heterocycles. The van der Waals surface area contributed by atoms with E-state index in [1.165, 1.54) is 0 Å². The number of alkyl halides is 3. The number of rotatable bonds is 5. The highest BCUT2D eigenvalue weighted by atomic mass is 32.2. The fourth-order valence-corrected chi connectivity index (χ4v) is 3.37. The quantitative estimate of drug-likeness (QED) is 0.571. The van der Waals surface area contributed by atoms with Crippen molar-refractivity contribution < 1.29 is 18.0 Å². The molecule has 3 aromatic rings. The number of para-hydroxylation sites is 1. The molecule has 1 aromatic heterocycles. The van der Waals surface area contributed by atoms with Crippen LogP contribution in [0, 0.1) is 11.3 Å². The summed E-state index contributed by atoms with van der Waals surface area (Å²) in [5.74, 6) is -0.600. The molecule has 29 heavy (non-hydrogen) atoms. The number of nitrogens with one attached hydrogen (secondary N) is 1. The second kappa shape index (κ2) is 8.80. The molecule has 0 aliphatic heterocycles. The lowest BCUT2D eigenvalue weighted by Crippen LogP contribution is -2.15. The molecule has 0 aliphatic carbocycles. The van der Waals surface area contributed by atoms with Gasteiger partial charge in [-0.2, -0.15) is 18.4 Å². The summed E-state index contributed by atoms with van der Waals surface area (Å²) in [6.07, 6.45) is -4.72. The molecule has 1 heterocycles. The number of carbonyl (C=O) groups excluding carboxylic acids is 1. The second-order valence-electron chi connectivity index (χ2n) is 5.91. The first-order valence-corrected chi connectivity index (χ1v) is 9.42. The molecule has 0 aliphatic rings. The maximum Gasteiger partial charge on any atom is 0.417 e. The van der Waals surface area contributed by atoms with Gasteiger partial charge in [0.2, 0.25) is 5.91 Å². The van der Waals surface area contributed by atoms with E-state index in [1.54, 1.807) is 66.7 Å². The lowest BCUT2D eigenvalue weighted by atomic mass is 10.1. The van der Waals surface area contributed by atoms with Crippen molar-refractivity contribution in [3.63, 3.8) is 0 Å². The summed E-state index contributed by atoms with van der Waals surface area (Å²) in [7, 11) is 0. The number of nitrogens with zero attached hydrogens (tertiary/aromatic N) is 2. The van der Waals surface area contributed by atoms with E-state index >= 15 is 0 Å². The molecule has 2 aromatic carbocycles. The molecule has 1 amide bonds. The highest BCUT2D eigenvalue weighted by Gasteiger charge is 2.36. The minimum absolute atomic E-state index is 0.0860. The van der Waals surface area contributed by atoms with Gasteiger partial charge in [0.05, 0.1) is 22.6 Å². The van der Waals surface area contributed by atoms with Crippen LogP contribution in [0.2, 0.25) is 0 Å². The number of benzene rings is 2. The van der Waals surface area contributed by atoms with Crippen LogP contribution in [0.1, 0.15) is 11.1 Å². The third-order valence-corrected chi connectivity index (χ3v) is 4.85. The topological polar surface area (TPSA) is 65.8 Å². The number of nitriles is 1. The molecule has 0 unspecified atom stereocenters. The van der Waals surface area contributed by atoms with Crippen molar-refractivity contribution in [3.8, 4) is 17.3 Å². The average molecular weight is 413 g/mol. The van der Waals surface area contributed by atoms with Gasteiger partial charge in [0.25, 0.3) is 0 Å². The van der Waals surface area contributed by atoms with Gasteiger partial charge >= 0.3 is 6.18 Å². The van der Waals surface area contributed by atoms with Crippen molar-refractivity contribution >= 4 is 23.4 Å². The summed E-state index contributed by atoms with van der Waals surface area (Å²) in [6, 6.07) is 19.5. The van der Waals surface area contributed by atoms with Gasteiger partial charge in [-0.15, -0.1) is 0 Å². The zero-order chi connectivity index (χ0) is 20.9. The van der Waals surface area contributed by atoms with Gasteiger partial charge in [-0.3, -0.25) is 4.79 Å². The number of thioether (sulfide) groups is 1. The summed E-state index contributed by atoms with van der Waals surface area (Å²) >= 11 is 0.792. The number of pyridine rings is 1. The number of halogens is 3. The molecule has 0 saturated carbocycles. The Kier molecular flexibility index (Phi) is 6.20. The third kappa shape index (κ3) is 5.15. The molecule has 0 spiro atoms. The first-order valence-electron chi connectivity index (χ1n) is 8.44. The summed E-state index contributed by atoms with van der Waals surface area (Å²) in [5, 5.41) is 11.8. The van der Waals surface area contributed by atoms with Crippen LogP contribution in [0.5, 0.6) is 0 Å². The Balaban J connectivity index is 1.92. The van der Waals surface area contributed by atoms with Crippen LogP contribution in [0.4, 0.5) is 18.9 Å². The highest BCUT2D eigenvalue weighted by molar-refractivity contribution is 8.00. The maximum absolute atomic E-state index is 13.5. The van der Waals surface area contributed by atoms with Crippen LogP contribution in [0.15, 0.2) is 71.8 Å². The van der Waals surface area contributed by atoms with Gasteiger partial charge < -0.3 is 5.32 Å². The fraction of sp³-hybridized carbons (Fsp3) is 0.0952. The lowest BCUT2D eigenvalue weighted by molar-refractivity contribution is -0.138. The normalized spacial score (nSPS) is 11.0. The zero-order valence-electron chi connectivity index (χ0n) is 14.9. The lowest BCUT2D eigenvalue weighted by Gasteiger charge is -2.14. The SMILES string of the molecule is N#Cc1c(C(F)(F)F)cc(-c2ccccc2)nc1SCC(=O)Nc1ccccc1. The number of amides is 1. The molecule has 1 N–H and O–H groups in total. The van der Waals surface area contributed by atoms with Crippen LogP contribution in [-0.2, 0) is 11.0 Å². The van der Waals surface area contributed by atoms with Gasteiger partial charge in [-0.25, -0.2) is 4.98 Å². The summed E-state index contributed by atoms with van der Waals surface area (Å²) < 4.78 is 40.6. The van der Waals surface area contributed by atoms with Gasteiger partial charge in [0, 0.05) is 11.3 Å². The number of carbonyl (C=O) groups is 1. The predicted molar refractivity (Wildman–Crippen MR) is 105 cm³/mol. The standard InChI is InChI=1S/C21H14F3N3OS/c22-21(23,24)17-11-18(14-7-3-1-4-8-14)27-20(16(17)12-25)29-13-19(28)26-15-9-5-2-6-10-15/h1-11H,13H2,(H,26,28). The van der Waals surface area contributed by atoms with Crippen molar-refractivity contribution in [2.45, 2.75) is 11.2 Å². The van der Waals surface area contributed by atoms with E-state index in [2.05, 4.69) is 10.3 Å². The molecule has 4 nitrogen and oxygen atoms in total. The van der Waals surface area contributed by atoms with Gasteiger partial charge in [-0.05, 0) is 18.2 Å². The summed E-state index contributed by atoms with van der Waals surface area (Å²) in [5.41, 5.74) is -0.518. The molecule has 3 rings (SSSR count). The van der Waals surface area contributed by atoms with Crippen LogP contribution < -0.4 is 5.32 Å². The third-order valence-electron chi connectivity index (χ3n) is 3.87. The van der Waals surface area contributed by atoms with Crippen molar-refractivity contribution in [1.29, 1.82) is 5.26 Å². The molecule has 0 fully saturated rings. The number of aromatic nitrogens is 1. The molecule has 0 atom stereocenters. The second-order valence-corrected chi connectivity index (χ2v) is 6.88. The van der Waals surface area contributed by atoms with Gasteiger partial charge in [0.1, 0.15) is 11.1 Å². The van der Waals surface area contributed by atoms with Crippen molar-refractivity contribution in [2.24, 2.45) is 0 Å². The smallest absolute Gasteiger partial charge is 0.325 e. The van der Waals surface area contributed by atoms with Crippen molar-refractivity contribution in [1.82, 2.24) is 4.98 Å². The first kappa shape index (κ1) is 20.4. The molecular weight excluding hydrogens is 399 g/mol. The molecule has 0 radical (unpaired) electrons. The maximum atomic E-state index is 13.5. The Hall–Kier alpha value is -3.31. The Morgan fingerprint density at radius 2 is 1.69 bits per heavy atom. The summed E-state index contributed by atoms with van der Waals surface area (Å²) in [4.78, 5) is 16.4. The summed E-state index contributed by atoms with van der Waals surface area (Å²) in [6.45, 7) is 0. The first-order chi connectivity index (χ1) is 13.9. The number of anilines is 1. The van der Waals surface area contributed by atoms with Crippen molar-refractivity contribution in [2.75, 3.05) is 11.1 Å². The molecule has 8 heteroatoms. The van der Waals surface area contributed by atoms with Crippen molar-refractivity contribution in [3.05, 3.63) is 77.9 Å². The zero-order valence-corrected chi connectivity index (χ0v) is 15.7. The minimum Gasteiger partial charge on any atom is -0.325 e. The van der Waals surface area contributed by atoms with E-state index in [4.69, 9.17) is 0 Å². The molecule has 146 valence electrons. The Morgan fingerprint density at radius 1 is 1.07 bits per heavy atom. The average Bonchev–Trinajstić information content (AvgIpc) is 2.72. The number of hydrogen-bond acceptors (Lipinski definition) is 4. The van der Waals surface area contributed by atoms with Crippen LogP contribution in [-0.4, -0.2) is 16.6 Å². The van der Waals surface area contributed by atoms with E-state index in [1.807, 2.05) is 0 Å². The Morgan fingerprint density at radius 3 is 2.28 bits per heavy atom. The van der Waals surface area contributed by atoms with Gasteiger partial charge in [-0.1, -0.05) is 60.3 Å². The Bertz CT molecular complexity index is 1050. The fourth-order valence-electron chi connectivity index (χ4n) is 2.57. The van der Waals surface area contributed by atoms with E-state index < -0.39 is 23.2 Å². The highest BCUT2D eigenvalue weighted by Crippen LogP contribution is 2.37. The van der Waals surface area contributed by atoms with Gasteiger partial charge in [0.15, 0.2) is 0 Å². The Labute approximate surface area is 169 Å². The van der Waals surface area contributed by atoms with E-state index in [-0.39, 0.29) is 16.5 Å². The van der Waals surface area contributed by atoms with Crippen LogP contribution in [0.25, 0.3) is 11.3 Å². The largest absolute Gasteiger partial charge is 0.417 e.